The average Bonchev–Trinajstić information content (AvgIpc) is 3.18. The molecule has 2 nitrogen and oxygen atoms in total. The van der Waals surface area contributed by atoms with E-state index in [4.69, 9.17) is 0 Å². The predicted octanol–water partition coefficient (Wildman–Crippen LogP) is 2.25. The van der Waals surface area contributed by atoms with Crippen molar-refractivity contribution in [2.45, 2.75) is 57.5 Å². The molecule has 1 N–H and O–H groups in total. The summed E-state index contributed by atoms with van der Waals surface area (Å²) in [7, 11) is 0. The first-order chi connectivity index (χ1) is 7.86. The smallest absolute Gasteiger partial charge is 0.0249 e. The average molecular weight is 222 g/mol. The molecule has 0 radical (unpaired) electrons. The first-order valence-electron chi connectivity index (χ1n) is 7.34. The third-order valence-electron chi connectivity index (χ3n) is 4.72. The van der Waals surface area contributed by atoms with Crippen molar-refractivity contribution in [3.05, 3.63) is 0 Å². The zero-order valence-electron chi connectivity index (χ0n) is 10.6. The third-order valence-corrected chi connectivity index (χ3v) is 4.72. The van der Waals surface area contributed by atoms with Gasteiger partial charge in [0.25, 0.3) is 0 Å². The van der Waals surface area contributed by atoms with Crippen LogP contribution in [0.4, 0.5) is 0 Å². The summed E-state index contributed by atoms with van der Waals surface area (Å²) in [6, 6.07) is 1.63. The molecule has 92 valence electrons. The van der Waals surface area contributed by atoms with Crippen LogP contribution in [0, 0.1) is 11.8 Å². The molecule has 0 bridgehead atoms. The lowest BCUT2D eigenvalue weighted by molar-refractivity contribution is 0.110. The lowest BCUT2D eigenvalue weighted by Gasteiger charge is -2.40. The molecule has 2 saturated carbocycles. The van der Waals surface area contributed by atoms with E-state index in [1.165, 1.54) is 58.2 Å². The van der Waals surface area contributed by atoms with E-state index >= 15 is 0 Å². The monoisotopic (exact) mass is 222 g/mol. The maximum atomic E-state index is 3.73. The third kappa shape index (κ3) is 2.60. The summed E-state index contributed by atoms with van der Waals surface area (Å²) in [5.41, 5.74) is 0. The second-order valence-corrected chi connectivity index (χ2v) is 6.15. The molecule has 0 amide bonds. The molecule has 2 heteroatoms. The fourth-order valence-corrected chi connectivity index (χ4v) is 3.13. The van der Waals surface area contributed by atoms with E-state index in [2.05, 4.69) is 17.1 Å². The van der Waals surface area contributed by atoms with Gasteiger partial charge in [0.15, 0.2) is 0 Å². The second-order valence-electron chi connectivity index (χ2n) is 6.15. The molecule has 1 aliphatic heterocycles. The van der Waals surface area contributed by atoms with Gasteiger partial charge in [-0.2, -0.15) is 0 Å². The van der Waals surface area contributed by atoms with Crippen LogP contribution in [0.5, 0.6) is 0 Å². The number of nitrogens with zero attached hydrogens (tertiary/aromatic N) is 1. The Bertz CT molecular complexity index is 233. The number of hydrogen-bond acceptors (Lipinski definition) is 2. The van der Waals surface area contributed by atoms with Crippen LogP contribution in [0.1, 0.15) is 45.4 Å². The summed E-state index contributed by atoms with van der Waals surface area (Å²) < 4.78 is 0. The van der Waals surface area contributed by atoms with Gasteiger partial charge >= 0.3 is 0 Å². The fourth-order valence-electron chi connectivity index (χ4n) is 3.13. The lowest BCUT2D eigenvalue weighted by Crippen LogP contribution is -2.57. The molecule has 3 aliphatic rings. The molecule has 3 rings (SSSR count). The van der Waals surface area contributed by atoms with Gasteiger partial charge in [0.05, 0.1) is 0 Å². The number of rotatable bonds is 5. The SMILES string of the molecule is CCC1CN(CCC2CC2)C(C2CC2)CN1. The molecule has 1 saturated heterocycles. The molecule has 0 aromatic carbocycles. The maximum absolute atomic E-state index is 3.73. The molecule has 3 fully saturated rings. The van der Waals surface area contributed by atoms with Crippen molar-refractivity contribution >= 4 is 0 Å². The van der Waals surface area contributed by atoms with E-state index in [-0.39, 0.29) is 0 Å². The van der Waals surface area contributed by atoms with Crippen LogP contribution < -0.4 is 5.32 Å². The molecule has 0 spiro atoms. The van der Waals surface area contributed by atoms with Gasteiger partial charge in [0.1, 0.15) is 0 Å². The van der Waals surface area contributed by atoms with Gasteiger partial charge < -0.3 is 5.32 Å². The standard InChI is InChI=1S/C14H26N2/c1-2-13-10-16(8-7-11-3-4-11)14(9-15-13)12-5-6-12/h11-15H,2-10H2,1H3. The predicted molar refractivity (Wildman–Crippen MR) is 67.5 cm³/mol. The van der Waals surface area contributed by atoms with Crippen LogP contribution in [0.15, 0.2) is 0 Å². The first-order valence-corrected chi connectivity index (χ1v) is 7.34. The van der Waals surface area contributed by atoms with Crippen molar-refractivity contribution in [3.8, 4) is 0 Å². The Morgan fingerprint density at radius 3 is 2.62 bits per heavy atom. The van der Waals surface area contributed by atoms with E-state index in [0.29, 0.717) is 0 Å². The van der Waals surface area contributed by atoms with Crippen LogP contribution in [0.25, 0.3) is 0 Å². The Morgan fingerprint density at radius 1 is 1.19 bits per heavy atom. The van der Waals surface area contributed by atoms with E-state index < -0.39 is 0 Å². The van der Waals surface area contributed by atoms with E-state index in [9.17, 15) is 0 Å². The first kappa shape index (κ1) is 11.0. The van der Waals surface area contributed by atoms with Gasteiger partial charge in [-0.3, -0.25) is 4.90 Å². The Kier molecular flexibility index (Phi) is 3.21. The second kappa shape index (κ2) is 4.66. The largest absolute Gasteiger partial charge is 0.311 e. The van der Waals surface area contributed by atoms with Gasteiger partial charge in [-0.1, -0.05) is 19.8 Å². The van der Waals surface area contributed by atoms with Crippen molar-refractivity contribution < 1.29 is 0 Å². The minimum atomic E-state index is 0.759. The highest BCUT2D eigenvalue weighted by Gasteiger charge is 2.38. The summed E-state index contributed by atoms with van der Waals surface area (Å²) in [5, 5.41) is 3.73. The molecular weight excluding hydrogens is 196 g/mol. The Balaban J connectivity index is 1.54. The molecule has 2 unspecified atom stereocenters. The maximum Gasteiger partial charge on any atom is 0.0249 e. The summed E-state index contributed by atoms with van der Waals surface area (Å²) in [4.78, 5) is 2.82. The van der Waals surface area contributed by atoms with Crippen LogP contribution in [0.3, 0.4) is 0 Å². The van der Waals surface area contributed by atoms with Crippen LogP contribution >= 0.6 is 0 Å². The van der Waals surface area contributed by atoms with Crippen LogP contribution in [-0.2, 0) is 0 Å². The quantitative estimate of drug-likeness (QED) is 0.767. The minimum Gasteiger partial charge on any atom is -0.311 e. The van der Waals surface area contributed by atoms with Crippen molar-refractivity contribution in [3.63, 3.8) is 0 Å². The normalized spacial score (nSPS) is 36.6. The molecule has 2 aliphatic carbocycles. The van der Waals surface area contributed by atoms with Crippen molar-refractivity contribution in [1.82, 2.24) is 10.2 Å². The molecule has 1 heterocycles. The van der Waals surface area contributed by atoms with Gasteiger partial charge in [-0.05, 0) is 44.1 Å². The highest BCUT2D eigenvalue weighted by atomic mass is 15.2. The molecular formula is C14H26N2. The molecule has 2 atom stereocenters. The zero-order chi connectivity index (χ0) is 11.0. The van der Waals surface area contributed by atoms with Crippen LogP contribution in [0.2, 0.25) is 0 Å². The molecule has 0 aromatic heterocycles. The Morgan fingerprint density at radius 2 is 2.00 bits per heavy atom. The number of piperazine rings is 1. The highest BCUT2D eigenvalue weighted by molar-refractivity contribution is 4.95. The van der Waals surface area contributed by atoms with Gasteiger partial charge in [-0.15, -0.1) is 0 Å². The Labute approximate surface area is 99.8 Å². The molecule has 0 aromatic rings. The summed E-state index contributed by atoms with van der Waals surface area (Å²) in [6.07, 6.45) is 8.76. The Hall–Kier alpha value is -0.0800. The van der Waals surface area contributed by atoms with Gasteiger partial charge in [-0.25, -0.2) is 0 Å². The van der Waals surface area contributed by atoms with E-state index in [0.717, 1.165) is 23.9 Å². The summed E-state index contributed by atoms with van der Waals surface area (Å²) >= 11 is 0. The van der Waals surface area contributed by atoms with E-state index in [1.54, 1.807) is 0 Å². The number of hydrogen-bond donors (Lipinski definition) is 1. The zero-order valence-corrected chi connectivity index (χ0v) is 10.6. The minimum absolute atomic E-state index is 0.759. The summed E-state index contributed by atoms with van der Waals surface area (Å²) in [6.45, 7) is 6.26. The van der Waals surface area contributed by atoms with Crippen molar-refractivity contribution in [2.24, 2.45) is 11.8 Å². The van der Waals surface area contributed by atoms with Crippen LogP contribution in [-0.4, -0.2) is 36.6 Å². The molecule has 16 heavy (non-hydrogen) atoms. The van der Waals surface area contributed by atoms with E-state index in [1.807, 2.05) is 0 Å². The van der Waals surface area contributed by atoms with Gasteiger partial charge in [0.2, 0.25) is 0 Å². The fraction of sp³-hybridized carbons (Fsp3) is 1.00. The van der Waals surface area contributed by atoms with Crippen molar-refractivity contribution in [2.75, 3.05) is 19.6 Å². The van der Waals surface area contributed by atoms with Gasteiger partial charge in [0, 0.05) is 25.2 Å². The number of nitrogens with one attached hydrogen (secondary N) is 1. The topological polar surface area (TPSA) is 15.3 Å². The summed E-state index contributed by atoms with van der Waals surface area (Å²) in [5.74, 6) is 2.12. The van der Waals surface area contributed by atoms with Crippen molar-refractivity contribution in [1.29, 1.82) is 0 Å². The lowest BCUT2D eigenvalue weighted by atomic mass is 10.0. The highest BCUT2D eigenvalue weighted by Crippen LogP contribution is 2.38.